The van der Waals surface area contributed by atoms with E-state index in [0.29, 0.717) is 33.5 Å². The summed E-state index contributed by atoms with van der Waals surface area (Å²) in [6.45, 7) is 0.371. The topological polar surface area (TPSA) is 33.0 Å². The van der Waals surface area contributed by atoms with Gasteiger partial charge in [-0.1, -0.05) is 83.9 Å². The molecule has 0 aliphatic rings. The number of benzene rings is 3. The van der Waals surface area contributed by atoms with Gasteiger partial charge in [-0.2, -0.15) is 5.26 Å². The van der Waals surface area contributed by atoms with Crippen LogP contribution in [0.2, 0.25) is 10.0 Å². The van der Waals surface area contributed by atoms with E-state index >= 15 is 0 Å². The maximum absolute atomic E-state index is 9.55. The Labute approximate surface area is 162 Å². The molecule has 0 fully saturated rings. The van der Waals surface area contributed by atoms with Gasteiger partial charge < -0.3 is 4.74 Å². The van der Waals surface area contributed by atoms with Gasteiger partial charge in [0.25, 0.3) is 0 Å². The summed E-state index contributed by atoms with van der Waals surface area (Å²) in [5.74, 6) is 0.503. The molecule has 26 heavy (non-hydrogen) atoms. The van der Waals surface area contributed by atoms with Crippen molar-refractivity contribution >= 4 is 34.9 Å². The molecular weight excluding hydrogens is 365 g/mol. The highest BCUT2D eigenvalue weighted by atomic mass is 35.5. The van der Waals surface area contributed by atoms with E-state index in [1.165, 1.54) is 0 Å². The van der Waals surface area contributed by atoms with Gasteiger partial charge in [0.2, 0.25) is 0 Å². The molecule has 0 heterocycles. The summed E-state index contributed by atoms with van der Waals surface area (Å²) < 4.78 is 5.95. The zero-order chi connectivity index (χ0) is 18.4. The number of rotatable bonds is 5. The molecule has 0 unspecified atom stereocenters. The second-order valence-electron chi connectivity index (χ2n) is 5.62. The van der Waals surface area contributed by atoms with E-state index in [9.17, 15) is 5.26 Å². The van der Waals surface area contributed by atoms with Gasteiger partial charge in [-0.3, -0.25) is 0 Å². The van der Waals surface area contributed by atoms with E-state index in [-0.39, 0.29) is 0 Å². The van der Waals surface area contributed by atoms with Crippen LogP contribution in [0, 0.1) is 11.3 Å². The summed E-state index contributed by atoms with van der Waals surface area (Å²) in [5.41, 5.74) is 3.02. The first-order valence-corrected chi connectivity index (χ1v) is 8.76. The van der Waals surface area contributed by atoms with Crippen LogP contribution in [0.5, 0.6) is 5.75 Å². The molecule has 0 aliphatic carbocycles. The summed E-state index contributed by atoms with van der Waals surface area (Å²) in [7, 11) is 0. The zero-order valence-electron chi connectivity index (χ0n) is 13.8. The lowest BCUT2D eigenvalue weighted by molar-refractivity contribution is 0.306. The predicted octanol–water partition coefficient (Wildman–Crippen LogP) is 6.64. The SMILES string of the molecule is N#C/C(=C\c1cc(Cl)cc(Cl)c1OCc1ccccc1)c1ccccc1. The molecule has 2 nitrogen and oxygen atoms in total. The van der Waals surface area contributed by atoms with Crippen molar-refractivity contribution in [2.24, 2.45) is 0 Å². The fraction of sp³-hybridized carbons (Fsp3) is 0.0455. The standard InChI is InChI=1S/C22H15Cl2NO/c23-20-12-18(11-19(14-25)17-9-5-2-6-10-17)22(21(24)13-20)26-15-16-7-3-1-4-8-16/h1-13H,15H2/b19-11+. The van der Waals surface area contributed by atoms with Crippen molar-refractivity contribution < 1.29 is 4.74 Å². The van der Waals surface area contributed by atoms with E-state index < -0.39 is 0 Å². The highest BCUT2D eigenvalue weighted by Gasteiger charge is 2.11. The molecule has 0 aromatic heterocycles. The van der Waals surface area contributed by atoms with Crippen LogP contribution in [0.25, 0.3) is 11.6 Å². The lowest BCUT2D eigenvalue weighted by Crippen LogP contribution is -1.98. The van der Waals surface area contributed by atoms with Crippen molar-refractivity contribution in [1.82, 2.24) is 0 Å². The normalized spacial score (nSPS) is 11.0. The lowest BCUT2D eigenvalue weighted by atomic mass is 10.0. The number of allylic oxidation sites excluding steroid dienone is 1. The van der Waals surface area contributed by atoms with Gasteiger partial charge in [0.05, 0.1) is 16.7 Å². The number of hydrogen-bond donors (Lipinski definition) is 0. The molecule has 128 valence electrons. The molecule has 0 aliphatic heterocycles. The average Bonchev–Trinajstić information content (AvgIpc) is 2.66. The molecule has 0 atom stereocenters. The summed E-state index contributed by atoms with van der Waals surface area (Å²) in [4.78, 5) is 0. The second kappa shape index (κ2) is 8.58. The number of nitriles is 1. The molecule has 0 saturated carbocycles. The molecule has 3 rings (SSSR count). The van der Waals surface area contributed by atoms with E-state index in [0.717, 1.165) is 11.1 Å². The zero-order valence-corrected chi connectivity index (χ0v) is 15.3. The predicted molar refractivity (Wildman–Crippen MR) is 107 cm³/mol. The summed E-state index contributed by atoms with van der Waals surface area (Å²) >= 11 is 12.5. The van der Waals surface area contributed by atoms with E-state index in [1.807, 2.05) is 60.7 Å². The molecule has 0 bridgehead atoms. The number of nitrogens with zero attached hydrogens (tertiary/aromatic N) is 1. The third-order valence-electron chi connectivity index (χ3n) is 3.77. The van der Waals surface area contributed by atoms with E-state index in [4.69, 9.17) is 27.9 Å². The Bertz CT molecular complexity index is 961. The van der Waals surface area contributed by atoms with E-state index in [1.54, 1.807) is 18.2 Å². The van der Waals surface area contributed by atoms with Crippen molar-refractivity contribution in [3.8, 4) is 11.8 Å². The molecule has 0 radical (unpaired) electrons. The largest absolute Gasteiger partial charge is 0.487 e. The highest BCUT2D eigenvalue weighted by Crippen LogP contribution is 2.35. The average molecular weight is 380 g/mol. The Morgan fingerprint density at radius 3 is 2.27 bits per heavy atom. The third kappa shape index (κ3) is 4.46. The fourth-order valence-electron chi connectivity index (χ4n) is 2.52. The van der Waals surface area contributed by atoms with Crippen molar-refractivity contribution in [2.45, 2.75) is 6.61 Å². The monoisotopic (exact) mass is 379 g/mol. The lowest BCUT2D eigenvalue weighted by Gasteiger charge is -2.12. The molecule has 0 saturated heterocycles. The van der Waals surface area contributed by atoms with E-state index in [2.05, 4.69) is 6.07 Å². The van der Waals surface area contributed by atoms with Gasteiger partial charge >= 0.3 is 0 Å². The van der Waals surface area contributed by atoms with Crippen LogP contribution < -0.4 is 4.74 Å². The van der Waals surface area contributed by atoms with Gasteiger partial charge in [-0.05, 0) is 29.3 Å². The first-order valence-electron chi connectivity index (χ1n) is 8.00. The minimum absolute atomic E-state index is 0.371. The van der Waals surface area contributed by atoms with Crippen LogP contribution in [0.15, 0.2) is 72.8 Å². The van der Waals surface area contributed by atoms with Gasteiger partial charge in [-0.15, -0.1) is 0 Å². The van der Waals surface area contributed by atoms with Crippen molar-refractivity contribution in [1.29, 1.82) is 5.26 Å². The minimum atomic E-state index is 0.371. The summed E-state index contributed by atoms with van der Waals surface area (Å²) in [6.07, 6.45) is 1.74. The number of halogens is 2. The van der Waals surface area contributed by atoms with Crippen LogP contribution in [0.4, 0.5) is 0 Å². The molecular formula is C22H15Cl2NO. The maximum Gasteiger partial charge on any atom is 0.145 e. The van der Waals surface area contributed by atoms with Crippen molar-refractivity contribution in [2.75, 3.05) is 0 Å². The molecule has 3 aromatic carbocycles. The Hall–Kier alpha value is -2.73. The maximum atomic E-state index is 9.55. The number of hydrogen-bond acceptors (Lipinski definition) is 2. The summed E-state index contributed by atoms with van der Waals surface area (Å²) in [6, 6.07) is 24.9. The van der Waals surface area contributed by atoms with Crippen LogP contribution in [-0.4, -0.2) is 0 Å². The molecule has 0 N–H and O–H groups in total. The van der Waals surface area contributed by atoms with Gasteiger partial charge in [0.1, 0.15) is 12.4 Å². The van der Waals surface area contributed by atoms with Crippen molar-refractivity contribution in [3.05, 3.63) is 99.5 Å². The highest BCUT2D eigenvalue weighted by molar-refractivity contribution is 6.36. The smallest absolute Gasteiger partial charge is 0.145 e. The van der Waals surface area contributed by atoms with Gasteiger partial charge in [0.15, 0.2) is 0 Å². The minimum Gasteiger partial charge on any atom is -0.487 e. The van der Waals surface area contributed by atoms with Gasteiger partial charge in [0, 0.05) is 10.6 Å². The Kier molecular flexibility index (Phi) is 5.96. The quantitative estimate of drug-likeness (QED) is 0.367. The van der Waals surface area contributed by atoms with Crippen LogP contribution in [0.3, 0.4) is 0 Å². The van der Waals surface area contributed by atoms with Crippen LogP contribution >= 0.6 is 23.2 Å². The first-order chi connectivity index (χ1) is 12.7. The molecule has 0 spiro atoms. The Balaban J connectivity index is 1.98. The fourth-order valence-corrected chi connectivity index (χ4v) is 3.09. The van der Waals surface area contributed by atoms with Crippen LogP contribution in [0.1, 0.15) is 16.7 Å². The third-order valence-corrected chi connectivity index (χ3v) is 4.27. The molecule has 4 heteroatoms. The Morgan fingerprint density at radius 1 is 0.962 bits per heavy atom. The summed E-state index contributed by atoms with van der Waals surface area (Å²) in [5, 5.41) is 10.4. The molecule has 3 aromatic rings. The number of ether oxygens (including phenoxy) is 1. The van der Waals surface area contributed by atoms with Crippen LogP contribution in [-0.2, 0) is 6.61 Å². The van der Waals surface area contributed by atoms with Gasteiger partial charge in [-0.25, -0.2) is 0 Å². The van der Waals surface area contributed by atoms with Crippen molar-refractivity contribution in [3.63, 3.8) is 0 Å². The molecule has 0 amide bonds. The Morgan fingerprint density at radius 2 is 1.62 bits per heavy atom. The first kappa shape index (κ1) is 18.1. The second-order valence-corrected chi connectivity index (χ2v) is 6.46.